The van der Waals surface area contributed by atoms with E-state index in [1.807, 2.05) is 53.7 Å². The quantitative estimate of drug-likeness (QED) is 0.0587. The molecule has 2 saturated heterocycles. The minimum Gasteiger partial charge on any atom is -0.376 e. The van der Waals surface area contributed by atoms with Crippen LogP contribution >= 0.6 is 0 Å². The van der Waals surface area contributed by atoms with Gasteiger partial charge in [-0.25, -0.2) is 4.39 Å². The Morgan fingerprint density at radius 1 is 0.789 bits per heavy atom. The molecule has 2 fully saturated rings. The number of likely N-dealkylation sites (N-methyl/N-ethyl adjacent to an activating group) is 2. The lowest BCUT2D eigenvalue weighted by Gasteiger charge is -2.38. The molecule has 6 unspecified atom stereocenters. The van der Waals surface area contributed by atoms with Gasteiger partial charge in [0, 0.05) is 43.0 Å². The van der Waals surface area contributed by atoms with Crippen molar-refractivity contribution >= 4 is 43.5 Å². The third-order valence-electron chi connectivity index (χ3n) is 15.8. The number of aliphatic hydroxyl groups excluding tert-OH is 1. The van der Waals surface area contributed by atoms with E-state index in [0.29, 0.717) is 35.3 Å². The molecule has 2 heterocycles. The molecule has 3 aromatic rings. The van der Waals surface area contributed by atoms with Gasteiger partial charge in [0.1, 0.15) is 30.2 Å². The summed E-state index contributed by atoms with van der Waals surface area (Å²) in [5.74, 6) is -2.68. The van der Waals surface area contributed by atoms with Crippen molar-refractivity contribution in [1.29, 1.82) is 0 Å². The second-order valence-electron chi connectivity index (χ2n) is 24.5. The molecule has 0 spiro atoms. The van der Waals surface area contributed by atoms with Gasteiger partial charge in [0.15, 0.2) is 0 Å². The maximum absolute atomic E-state index is 15.6. The third kappa shape index (κ3) is 14.3. The summed E-state index contributed by atoms with van der Waals surface area (Å²) in [5.41, 5.74) is 2.37. The molecule has 18 heteroatoms. The zero-order valence-electron chi connectivity index (χ0n) is 47.2. The number of fused-ring (bicyclic) bond motifs is 1. The van der Waals surface area contributed by atoms with Crippen LogP contribution in [0.5, 0.6) is 0 Å². The van der Waals surface area contributed by atoms with Crippen LogP contribution in [0.2, 0.25) is 19.1 Å². The minimum absolute atomic E-state index is 0.0515. The first-order valence-corrected chi connectivity index (χ1v) is 30.6. The summed E-state index contributed by atoms with van der Waals surface area (Å²) < 4.78 is 15.6. The van der Waals surface area contributed by atoms with E-state index < -0.39 is 73.2 Å². The molecule has 0 saturated carbocycles. The summed E-state index contributed by atoms with van der Waals surface area (Å²) in [6.07, 6.45) is 2.43. The summed E-state index contributed by atoms with van der Waals surface area (Å²) in [6.45, 7) is 21.3. The van der Waals surface area contributed by atoms with Crippen LogP contribution in [-0.2, 0) is 36.9 Å². The van der Waals surface area contributed by atoms with Crippen LogP contribution in [0, 0.1) is 22.6 Å². The van der Waals surface area contributed by atoms with Gasteiger partial charge in [-0.15, -0.1) is 0 Å². The zero-order chi connectivity index (χ0) is 56.0. The fourth-order valence-corrected chi connectivity index (χ4v) is 13.8. The summed E-state index contributed by atoms with van der Waals surface area (Å²) >= 11 is 0. The number of carbonyl (C=O) groups is 6. The number of hydrogen-bond acceptors (Lipinski definition) is 10. The standard InChI is InChI=1S/C58H86FN9O7Si/c1-35(60-10)50(69)64-48(57(4,5)6)55(74)67-32-39(29-46(67)53(72)63-45-24-18-20-40-19-14-15-22-43(40)45)30-62-52(71)41-27-25-38(26-28-41)31-66(37(3)42-21-16-17-23-44(42)59)54(73)47-33-76(12,13)34-68(47)56(75)49(58(7,8)9)65-51(70)36(2)61-11/h14-17,19,21-23,25-28,35-37,39,45-49,53,60-61,63,72H,18,20,24,29-34H2,1-13H3,(H,62,71)(H,64,69)(H,65,70)/t35-,36-,37+,39?,45?,46?,47-,48?,49?,53?/m0/s1. The van der Waals surface area contributed by atoms with E-state index in [2.05, 4.69) is 57.1 Å². The molecule has 10 atom stereocenters. The third-order valence-corrected chi connectivity index (χ3v) is 18.5. The highest BCUT2D eigenvalue weighted by Crippen LogP contribution is 2.36. The van der Waals surface area contributed by atoms with E-state index in [1.165, 1.54) is 11.6 Å². The highest BCUT2D eigenvalue weighted by atomic mass is 28.3. The molecule has 0 bridgehead atoms. The van der Waals surface area contributed by atoms with E-state index in [1.54, 1.807) is 92.0 Å². The number of aliphatic hydroxyl groups is 1. The first-order chi connectivity index (χ1) is 35.6. The van der Waals surface area contributed by atoms with Crippen LogP contribution in [-0.4, -0.2) is 139 Å². The van der Waals surface area contributed by atoms with E-state index in [0.717, 1.165) is 24.8 Å². The molecule has 3 aliphatic rings. The molecule has 7 N–H and O–H groups in total. The number of nitrogens with zero attached hydrogens (tertiary/aromatic N) is 3. The highest BCUT2D eigenvalue weighted by Gasteiger charge is 2.50. The van der Waals surface area contributed by atoms with Gasteiger partial charge in [-0.05, 0) is 118 Å². The topological polar surface area (TPSA) is 205 Å². The van der Waals surface area contributed by atoms with E-state index >= 15 is 9.18 Å². The fraction of sp³-hybridized carbons (Fsp3) is 0.586. The minimum atomic E-state index is -2.17. The Bertz CT molecular complexity index is 2550. The van der Waals surface area contributed by atoms with Gasteiger partial charge in [-0.2, -0.15) is 0 Å². The van der Waals surface area contributed by atoms with Gasteiger partial charge in [0.25, 0.3) is 5.91 Å². The first kappa shape index (κ1) is 59.7. The van der Waals surface area contributed by atoms with Crippen LogP contribution in [0.25, 0.3) is 0 Å². The average Bonchev–Trinajstić information content (AvgIpc) is 3.97. The smallest absolute Gasteiger partial charge is 0.251 e. The molecule has 416 valence electrons. The average molecular weight is 1070 g/mol. The van der Waals surface area contributed by atoms with Crippen molar-refractivity contribution < 1.29 is 38.3 Å². The Kier molecular flexibility index (Phi) is 19.5. The van der Waals surface area contributed by atoms with Crippen LogP contribution in [0.4, 0.5) is 4.39 Å². The molecule has 76 heavy (non-hydrogen) atoms. The van der Waals surface area contributed by atoms with Crippen molar-refractivity contribution in [3.05, 3.63) is 106 Å². The van der Waals surface area contributed by atoms with Crippen molar-refractivity contribution in [3.63, 3.8) is 0 Å². The SMILES string of the molecule is CN[C@@H](C)C(=O)NC(C(=O)N1CC(CNC(=O)c2ccc(CN(C(=O)[C@@H]3C[Si](C)(C)CN3C(=O)C(NC(=O)[C@H](C)NC)C(C)(C)C)[C@H](C)c3ccccc3F)cc2)CC1C(O)NC1CCCc2ccccc21)C(C)(C)C. The van der Waals surface area contributed by atoms with Crippen LogP contribution < -0.4 is 31.9 Å². The van der Waals surface area contributed by atoms with Crippen LogP contribution in [0.15, 0.2) is 72.8 Å². The summed E-state index contributed by atoms with van der Waals surface area (Å²) in [6, 6.07) is 16.6. The summed E-state index contributed by atoms with van der Waals surface area (Å²) in [4.78, 5) is 89.8. The monoisotopic (exact) mass is 1070 g/mol. The molecule has 6 rings (SSSR count). The predicted octanol–water partition coefficient (Wildman–Crippen LogP) is 5.58. The number of halogens is 1. The predicted molar refractivity (Wildman–Crippen MR) is 297 cm³/mol. The van der Waals surface area contributed by atoms with E-state index in [-0.39, 0.29) is 67.0 Å². The van der Waals surface area contributed by atoms with Gasteiger partial charge in [0.05, 0.1) is 32.2 Å². The largest absolute Gasteiger partial charge is 0.376 e. The Morgan fingerprint density at radius 2 is 1.36 bits per heavy atom. The fourth-order valence-electron chi connectivity index (χ4n) is 10.9. The Hall–Kier alpha value is -5.53. The number of rotatable bonds is 19. The Labute approximate surface area is 451 Å². The first-order valence-electron chi connectivity index (χ1n) is 27.2. The number of likely N-dealkylation sites (tertiary alicyclic amines) is 1. The van der Waals surface area contributed by atoms with Gasteiger partial charge in [-0.1, -0.05) is 109 Å². The molecular formula is C58H86FN9O7Si. The normalized spacial score (nSPS) is 21.8. The molecule has 6 amide bonds. The molecular weight excluding hydrogens is 982 g/mol. The van der Waals surface area contributed by atoms with Crippen molar-refractivity contribution in [2.45, 2.75) is 168 Å². The maximum atomic E-state index is 15.6. The Balaban J connectivity index is 1.21. The number of hydrogen-bond donors (Lipinski definition) is 7. The van der Waals surface area contributed by atoms with E-state index in [4.69, 9.17) is 0 Å². The lowest BCUT2D eigenvalue weighted by Crippen LogP contribution is -2.60. The van der Waals surface area contributed by atoms with Crippen molar-refractivity contribution in [2.24, 2.45) is 16.7 Å². The number of nitrogens with one attached hydrogen (secondary N) is 6. The van der Waals surface area contributed by atoms with Gasteiger partial charge in [0.2, 0.25) is 29.5 Å². The van der Waals surface area contributed by atoms with Crippen LogP contribution in [0.3, 0.4) is 0 Å². The maximum Gasteiger partial charge on any atom is 0.251 e. The van der Waals surface area contributed by atoms with Crippen molar-refractivity contribution in [3.8, 4) is 0 Å². The molecule has 3 aromatic carbocycles. The molecule has 0 aromatic heterocycles. The van der Waals surface area contributed by atoms with Gasteiger partial charge in [-0.3, -0.25) is 34.1 Å². The second kappa shape index (κ2) is 24.9. The number of carbonyl (C=O) groups excluding carboxylic acids is 6. The summed E-state index contributed by atoms with van der Waals surface area (Å²) in [7, 11) is 1.18. The number of benzene rings is 3. The lowest BCUT2D eigenvalue weighted by molar-refractivity contribution is -0.148. The highest BCUT2D eigenvalue weighted by molar-refractivity contribution is 6.79. The molecule has 0 radical (unpaired) electrons. The molecule has 2 aliphatic heterocycles. The number of amides is 6. The molecule has 1 aliphatic carbocycles. The van der Waals surface area contributed by atoms with Gasteiger partial charge >= 0.3 is 0 Å². The van der Waals surface area contributed by atoms with Crippen molar-refractivity contribution in [2.75, 3.05) is 33.4 Å². The van der Waals surface area contributed by atoms with Crippen molar-refractivity contribution in [1.82, 2.24) is 46.6 Å². The Morgan fingerprint density at radius 3 is 1.93 bits per heavy atom. The lowest BCUT2D eigenvalue weighted by atomic mass is 9.85. The van der Waals surface area contributed by atoms with Gasteiger partial charge < -0.3 is 46.4 Å². The molecule has 16 nitrogen and oxygen atoms in total. The number of aryl methyl sites for hydroxylation is 1. The summed E-state index contributed by atoms with van der Waals surface area (Å²) in [5, 5.41) is 30.3. The van der Waals surface area contributed by atoms with E-state index in [9.17, 15) is 29.1 Å². The second-order valence-corrected chi connectivity index (χ2v) is 29.5. The van der Waals surface area contributed by atoms with Crippen LogP contribution in [0.1, 0.15) is 126 Å². The zero-order valence-corrected chi connectivity index (χ0v) is 48.2.